The Morgan fingerprint density at radius 3 is 2.59 bits per heavy atom. The van der Waals surface area contributed by atoms with Crippen molar-refractivity contribution in [1.82, 2.24) is 9.62 Å². The summed E-state index contributed by atoms with van der Waals surface area (Å²) >= 11 is 6.01. The van der Waals surface area contributed by atoms with Gasteiger partial charge in [0.2, 0.25) is 10.0 Å². The molecule has 0 radical (unpaired) electrons. The number of hydrogen-bond acceptors (Lipinski definition) is 3. The van der Waals surface area contributed by atoms with Gasteiger partial charge < -0.3 is 0 Å². The molecule has 2 aromatic carbocycles. The standard InChI is InChI=1S/C20H23ClN2O2S.ClH/c21-17-7-1-2-8-19(17)26(24,25)22-12-4-13-23-14-11-16-6-3-5-15-9-10-18(23)20(15)16;/h1-3,5-8,18,22H,4,9-14H2;1H. The molecule has 4 nitrogen and oxygen atoms in total. The molecule has 1 N–H and O–H groups in total. The zero-order valence-electron chi connectivity index (χ0n) is 15.0. The highest BCUT2D eigenvalue weighted by Crippen LogP contribution is 2.41. The monoisotopic (exact) mass is 426 g/mol. The molecule has 1 aliphatic heterocycles. The van der Waals surface area contributed by atoms with Crippen molar-refractivity contribution < 1.29 is 8.42 Å². The SMILES string of the molecule is Cl.O=S(=O)(NCCCN1CCc2cccc3c2C1CC3)c1ccccc1Cl. The zero-order valence-corrected chi connectivity index (χ0v) is 17.4. The number of nitrogens with zero attached hydrogens (tertiary/aromatic N) is 1. The molecule has 0 amide bonds. The van der Waals surface area contributed by atoms with E-state index < -0.39 is 10.0 Å². The second-order valence-electron chi connectivity index (χ2n) is 7.01. The Bertz CT molecular complexity index is 918. The molecule has 1 heterocycles. The summed E-state index contributed by atoms with van der Waals surface area (Å²) in [6, 6.07) is 13.7. The van der Waals surface area contributed by atoms with Gasteiger partial charge in [-0.3, -0.25) is 4.90 Å². The van der Waals surface area contributed by atoms with Gasteiger partial charge in [-0.25, -0.2) is 13.1 Å². The molecule has 146 valence electrons. The lowest BCUT2D eigenvalue weighted by Crippen LogP contribution is -2.36. The van der Waals surface area contributed by atoms with Gasteiger partial charge in [-0.2, -0.15) is 0 Å². The number of rotatable bonds is 6. The Balaban J connectivity index is 0.00000210. The van der Waals surface area contributed by atoms with E-state index in [0.717, 1.165) is 32.4 Å². The second-order valence-corrected chi connectivity index (χ2v) is 9.15. The van der Waals surface area contributed by atoms with Crippen LogP contribution in [0.25, 0.3) is 0 Å². The minimum Gasteiger partial charge on any atom is -0.296 e. The summed E-state index contributed by atoms with van der Waals surface area (Å²) in [5.41, 5.74) is 4.53. The first-order chi connectivity index (χ1) is 12.6. The van der Waals surface area contributed by atoms with Gasteiger partial charge in [0.05, 0.1) is 5.02 Å². The average Bonchev–Trinajstić information content (AvgIpc) is 3.07. The van der Waals surface area contributed by atoms with Crippen LogP contribution in [0, 0.1) is 0 Å². The van der Waals surface area contributed by atoms with Gasteiger partial charge in [-0.05, 0) is 54.5 Å². The summed E-state index contributed by atoms with van der Waals surface area (Å²) in [5, 5.41) is 0.256. The van der Waals surface area contributed by atoms with Crippen LogP contribution < -0.4 is 4.72 Å². The average molecular weight is 427 g/mol. The van der Waals surface area contributed by atoms with Crippen LogP contribution in [0.4, 0.5) is 0 Å². The smallest absolute Gasteiger partial charge is 0.242 e. The molecular weight excluding hydrogens is 403 g/mol. The first-order valence-electron chi connectivity index (χ1n) is 9.15. The van der Waals surface area contributed by atoms with Crippen molar-refractivity contribution in [3.8, 4) is 0 Å². The molecule has 0 aromatic heterocycles. The minimum absolute atomic E-state index is 0. The van der Waals surface area contributed by atoms with Crippen LogP contribution in [0.5, 0.6) is 0 Å². The Labute approximate surface area is 172 Å². The number of halogens is 2. The number of hydrogen-bond donors (Lipinski definition) is 1. The van der Waals surface area contributed by atoms with Gasteiger partial charge in [0.25, 0.3) is 0 Å². The molecular formula is C20H24Cl2N2O2S. The van der Waals surface area contributed by atoms with Crippen LogP contribution in [-0.2, 0) is 22.9 Å². The number of aryl methyl sites for hydroxylation is 1. The summed E-state index contributed by atoms with van der Waals surface area (Å²) in [7, 11) is -3.55. The Kier molecular flexibility index (Phi) is 6.49. The molecule has 1 unspecified atom stereocenters. The summed E-state index contributed by atoms with van der Waals surface area (Å²) in [4.78, 5) is 2.66. The molecule has 7 heteroatoms. The lowest BCUT2D eigenvalue weighted by Gasteiger charge is -2.35. The highest BCUT2D eigenvalue weighted by atomic mass is 35.5. The van der Waals surface area contributed by atoms with Crippen molar-refractivity contribution in [2.45, 2.75) is 36.6 Å². The largest absolute Gasteiger partial charge is 0.296 e. The Morgan fingerprint density at radius 2 is 1.81 bits per heavy atom. The van der Waals surface area contributed by atoms with Gasteiger partial charge in [0, 0.05) is 25.7 Å². The summed E-state index contributed by atoms with van der Waals surface area (Å²) in [5.74, 6) is 0. The third-order valence-corrected chi connectivity index (χ3v) is 7.42. The molecule has 0 saturated carbocycles. The van der Waals surface area contributed by atoms with E-state index in [-0.39, 0.29) is 22.3 Å². The molecule has 27 heavy (non-hydrogen) atoms. The highest BCUT2D eigenvalue weighted by molar-refractivity contribution is 7.89. The molecule has 0 spiro atoms. The van der Waals surface area contributed by atoms with E-state index in [2.05, 4.69) is 27.8 Å². The normalized spacial score (nSPS) is 18.8. The maximum atomic E-state index is 12.4. The van der Waals surface area contributed by atoms with Crippen LogP contribution in [0.2, 0.25) is 5.02 Å². The van der Waals surface area contributed by atoms with Crippen LogP contribution in [-0.4, -0.2) is 33.0 Å². The van der Waals surface area contributed by atoms with Crippen molar-refractivity contribution in [3.63, 3.8) is 0 Å². The van der Waals surface area contributed by atoms with E-state index in [0.29, 0.717) is 12.6 Å². The predicted molar refractivity (Wildman–Crippen MR) is 111 cm³/mol. The van der Waals surface area contributed by atoms with Crippen LogP contribution in [0.15, 0.2) is 47.4 Å². The van der Waals surface area contributed by atoms with Crippen molar-refractivity contribution >= 4 is 34.0 Å². The Hall–Kier alpha value is -1.11. The van der Waals surface area contributed by atoms with E-state index in [9.17, 15) is 8.42 Å². The van der Waals surface area contributed by atoms with E-state index in [1.807, 2.05) is 0 Å². The first-order valence-corrected chi connectivity index (χ1v) is 11.0. The van der Waals surface area contributed by atoms with Gasteiger partial charge in [-0.15, -0.1) is 12.4 Å². The Morgan fingerprint density at radius 1 is 1.07 bits per heavy atom. The van der Waals surface area contributed by atoms with E-state index >= 15 is 0 Å². The van der Waals surface area contributed by atoms with E-state index in [1.165, 1.54) is 29.2 Å². The predicted octanol–water partition coefficient (Wildman–Crippen LogP) is 3.98. The molecule has 2 aromatic rings. The molecule has 1 atom stereocenters. The molecule has 0 fully saturated rings. The second kappa shape index (κ2) is 8.50. The first kappa shape index (κ1) is 20.6. The highest BCUT2D eigenvalue weighted by Gasteiger charge is 2.32. The maximum Gasteiger partial charge on any atom is 0.242 e. The quantitative estimate of drug-likeness (QED) is 0.710. The summed E-state index contributed by atoms with van der Waals surface area (Å²) in [6.45, 7) is 2.38. The van der Waals surface area contributed by atoms with E-state index in [1.54, 1.807) is 18.2 Å². The molecule has 2 aliphatic rings. The third-order valence-electron chi connectivity index (χ3n) is 5.46. The molecule has 0 bridgehead atoms. The van der Waals surface area contributed by atoms with Crippen LogP contribution in [0.1, 0.15) is 35.6 Å². The lowest BCUT2D eigenvalue weighted by atomic mass is 9.93. The minimum atomic E-state index is -3.55. The van der Waals surface area contributed by atoms with Gasteiger partial charge in [0.15, 0.2) is 0 Å². The molecule has 4 rings (SSSR count). The fourth-order valence-corrected chi connectivity index (χ4v) is 5.84. The summed E-state index contributed by atoms with van der Waals surface area (Å²) in [6.07, 6.45) is 4.21. The third kappa shape index (κ3) is 4.17. The fraction of sp³-hybridized carbons (Fsp3) is 0.400. The zero-order chi connectivity index (χ0) is 18.1. The maximum absolute atomic E-state index is 12.4. The van der Waals surface area contributed by atoms with Gasteiger partial charge >= 0.3 is 0 Å². The van der Waals surface area contributed by atoms with Crippen molar-refractivity contribution in [1.29, 1.82) is 0 Å². The van der Waals surface area contributed by atoms with Crippen molar-refractivity contribution in [3.05, 3.63) is 64.2 Å². The van der Waals surface area contributed by atoms with Crippen molar-refractivity contribution in [2.75, 3.05) is 19.6 Å². The van der Waals surface area contributed by atoms with Gasteiger partial charge in [0.1, 0.15) is 4.90 Å². The molecule has 1 aliphatic carbocycles. The van der Waals surface area contributed by atoms with Gasteiger partial charge in [-0.1, -0.05) is 41.9 Å². The number of nitrogens with one attached hydrogen (secondary N) is 1. The van der Waals surface area contributed by atoms with Crippen LogP contribution in [0.3, 0.4) is 0 Å². The molecule has 0 saturated heterocycles. The number of benzene rings is 2. The van der Waals surface area contributed by atoms with Crippen molar-refractivity contribution in [2.24, 2.45) is 0 Å². The summed E-state index contributed by atoms with van der Waals surface area (Å²) < 4.78 is 27.5. The topological polar surface area (TPSA) is 49.4 Å². The lowest BCUT2D eigenvalue weighted by molar-refractivity contribution is 0.184. The number of sulfonamides is 1. The van der Waals surface area contributed by atoms with E-state index in [4.69, 9.17) is 11.6 Å². The fourth-order valence-electron chi connectivity index (χ4n) is 4.25. The van der Waals surface area contributed by atoms with Crippen LogP contribution >= 0.6 is 24.0 Å².